The standard InChI is InChI=1S/C27H32I2N2O6/c1-17(28)31(15-20-12-19-13-22(27(29)35)24(36-2)14-21(19)20)9-4-8-30(26(34)16-32)10-7-18-5-6-23(33)25(11-18)37-3/h5-6,11,13-14,16-17,20,33H,4,7-10,12,15H2,1-3H3/t17?,20-/m1/s1. The third-order valence-corrected chi connectivity index (χ3v) is 8.11. The molecule has 1 amide bonds. The molecule has 0 aliphatic heterocycles. The zero-order valence-electron chi connectivity index (χ0n) is 21.2. The third kappa shape index (κ3) is 7.56. The molecular weight excluding hydrogens is 702 g/mol. The molecule has 1 unspecified atom stereocenters. The molecule has 200 valence electrons. The Morgan fingerprint density at radius 2 is 1.86 bits per heavy atom. The van der Waals surface area contributed by atoms with E-state index in [1.165, 1.54) is 18.2 Å². The summed E-state index contributed by atoms with van der Waals surface area (Å²) >= 11 is 4.19. The highest BCUT2D eigenvalue weighted by Crippen LogP contribution is 2.41. The van der Waals surface area contributed by atoms with Crippen molar-refractivity contribution in [1.29, 1.82) is 0 Å². The molecule has 0 bridgehead atoms. The minimum Gasteiger partial charge on any atom is -0.504 e. The number of hydrogen-bond acceptors (Lipinski definition) is 7. The second kappa shape index (κ2) is 13.7. The van der Waals surface area contributed by atoms with Crippen molar-refractivity contribution in [2.75, 3.05) is 40.4 Å². The Balaban J connectivity index is 1.58. The van der Waals surface area contributed by atoms with Crippen LogP contribution < -0.4 is 9.47 Å². The molecule has 0 spiro atoms. The van der Waals surface area contributed by atoms with E-state index in [1.807, 2.05) is 12.1 Å². The van der Waals surface area contributed by atoms with Crippen LogP contribution >= 0.6 is 45.2 Å². The van der Waals surface area contributed by atoms with E-state index in [9.17, 15) is 19.5 Å². The van der Waals surface area contributed by atoms with E-state index in [2.05, 4.69) is 34.4 Å². The van der Waals surface area contributed by atoms with Crippen molar-refractivity contribution >= 4 is 61.2 Å². The van der Waals surface area contributed by atoms with Gasteiger partial charge in [-0.3, -0.25) is 19.3 Å². The fourth-order valence-corrected chi connectivity index (χ4v) is 5.56. The first-order valence-electron chi connectivity index (χ1n) is 12.1. The van der Waals surface area contributed by atoms with Gasteiger partial charge in [0.05, 0.1) is 23.8 Å². The smallest absolute Gasteiger partial charge is 0.286 e. The van der Waals surface area contributed by atoms with Crippen LogP contribution in [0.1, 0.15) is 46.3 Å². The first kappa shape index (κ1) is 29.6. The van der Waals surface area contributed by atoms with E-state index >= 15 is 0 Å². The Kier molecular flexibility index (Phi) is 11.0. The number of ether oxygens (including phenoxy) is 2. The third-order valence-electron chi connectivity index (χ3n) is 6.74. The van der Waals surface area contributed by atoms with Crippen molar-refractivity contribution in [3.8, 4) is 17.2 Å². The molecule has 0 aromatic heterocycles. The first-order valence-corrected chi connectivity index (χ1v) is 14.4. The van der Waals surface area contributed by atoms with E-state index in [4.69, 9.17) is 9.47 Å². The Labute approximate surface area is 245 Å². The zero-order valence-corrected chi connectivity index (χ0v) is 25.5. The van der Waals surface area contributed by atoms with Gasteiger partial charge >= 0.3 is 0 Å². The average molecular weight is 734 g/mol. The Morgan fingerprint density at radius 3 is 2.49 bits per heavy atom. The number of alkyl halides is 1. The van der Waals surface area contributed by atoms with E-state index in [1.54, 1.807) is 52.8 Å². The molecule has 8 nitrogen and oxygen atoms in total. The largest absolute Gasteiger partial charge is 0.504 e. The molecule has 2 atom stereocenters. The lowest BCUT2D eigenvalue weighted by atomic mass is 9.76. The number of methoxy groups -OCH3 is 2. The quantitative estimate of drug-likeness (QED) is 0.0770. The molecule has 0 heterocycles. The summed E-state index contributed by atoms with van der Waals surface area (Å²) in [5, 5.41) is 9.79. The van der Waals surface area contributed by atoms with E-state index in [-0.39, 0.29) is 9.54 Å². The average Bonchev–Trinajstić information content (AvgIpc) is 2.87. The summed E-state index contributed by atoms with van der Waals surface area (Å²) in [6.07, 6.45) is 2.56. The lowest BCUT2D eigenvalue weighted by Crippen LogP contribution is -2.40. The number of carbonyl (C=O) groups excluding carboxylic acids is 3. The topological polar surface area (TPSA) is 96.4 Å². The molecule has 0 saturated heterocycles. The molecule has 2 aromatic rings. The summed E-state index contributed by atoms with van der Waals surface area (Å²) in [6.45, 7) is 4.67. The van der Waals surface area contributed by atoms with Gasteiger partial charge in [-0.25, -0.2) is 0 Å². The summed E-state index contributed by atoms with van der Waals surface area (Å²) in [6, 6.07) is 9.03. The number of carbonyl (C=O) groups is 3. The van der Waals surface area contributed by atoms with E-state index in [0.717, 1.165) is 31.5 Å². The first-order chi connectivity index (χ1) is 17.7. The molecule has 0 radical (unpaired) electrons. The SMILES string of the molecule is COc1cc(CCN(CCCN(C[C@H]2Cc3cc(C(=O)I)c(OC)cc32)C(C)I)C(=O)C=O)ccc1O. The molecule has 10 heteroatoms. The fraction of sp³-hybridized carbons (Fsp3) is 0.444. The highest BCUT2D eigenvalue weighted by Gasteiger charge is 2.31. The Morgan fingerprint density at radius 1 is 1.14 bits per heavy atom. The highest BCUT2D eigenvalue weighted by atomic mass is 127. The van der Waals surface area contributed by atoms with Gasteiger partial charge in [-0.05, 0) is 67.1 Å². The molecule has 0 fully saturated rings. The van der Waals surface area contributed by atoms with Crippen molar-refractivity contribution < 1.29 is 29.0 Å². The van der Waals surface area contributed by atoms with Gasteiger partial charge in [0.1, 0.15) is 5.75 Å². The number of halogens is 2. The zero-order chi connectivity index (χ0) is 27.1. The molecule has 1 N–H and O–H groups in total. The summed E-state index contributed by atoms with van der Waals surface area (Å²) in [4.78, 5) is 39.4. The second-order valence-corrected chi connectivity index (χ2v) is 11.8. The summed E-state index contributed by atoms with van der Waals surface area (Å²) in [7, 11) is 3.07. The second-order valence-electron chi connectivity index (χ2n) is 9.05. The maximum atomic E-state index is 12.3. The number of rotatable bonds is 14. The number of phenols is 1. The number of nitrogens with zero attached hydrogens (tertiary/aromatic N) is 2. The molecule has 2 aromatic carbocycles. The van der Waals surface area contributed by atoms with Crippen molar-refractivity contribution in [2.24, 2.45) is 0 Å². The number of amides is 1. The maximum Gasteiger partial charge on any atom is 0.286 e. The predicted octanol–water partition coefficient (Wildman–Crippen LogP) is 4.37. The number of fused-ring (bicyclic) bond motifs is 1. The Bertz CT molecular complexity index is 1140. The summed E-state index contributed by atoms with van der Waals surface area (Å²) in [5.74, 6) is 0.889. The van der Waals surface area contributed by atoms with Crippen LogP contribution in [-0.4, -0.2) is 75.3 Å². The lowest BCUT2D eigenvalue weighted by Gasteiger charge is -2.37. The van der Waals surface area contributed by atoms with Gasteiger partial charge in [-0.15, -0.1) is 0 Å². The van der Waals surface area contributed by atoms with Crippen LogP contribution in [-0.2, 0) is 22.4 Å². The van der Waals surface area contributed by atoms with Crippen LogP contribution in [0.2, 0.25) is 0 Å². The van der Waals surface area contributed by atoms with Crippen LogP contribution in [0.4, 0.5) is 0 Å². The fourth-order valence-electron chi connectivity index (χ4n) is 4.64. The van der Waals surface area contributed by atoms with Crippen LogP contribution in [0.25, 0.3) is 0 Å². The normalized spacial score (nSPS) is 14.9. The monoisotopic (exact) mass is 734 g/mol. The van der Waals surface area contributed by atoms with Crippen molar-refractivity contribution in [3.05, 3.63) is 52.6 Å². The minimum atomic E-state index is -0.527. The molecule has 37 heavy (non-hydrogen) atoms. The van der Waals surface area contributed by atoms with E-state index in [0.29, 0.717) is 52.8 Å². The molecule has 0 saturated carbocycles. The van der Waals surface area contributed by atoms with Gasteiger partial charge in [-0.2, -0.15) is 0 Å². The van der Waals surface area contributed by atoms with Crippen LogP contribution in [0.15, 0.2) is 30.3 Å². The van der Waals surface area contributed by atoms with Gasteiger partial charge in [-0.1, -0.05) is 28.7 Å². The molecule has 1 aliphatic carbocycles. The lowest BCUT2D eigenvalue weighted by molar-refractivity contribution is -0.138. The van der Waals surface area contributed by atoms with Crippen LogP contribution in [0.3, 0.4) is 0 Å². The number of aldehydes is 1. The van der Waals surface area contributed by atoms with Gasteiger partial charge in [0.2, 0.25) is 10.1 Å². The number of aromatic hydroxyl groups is 1. The molecule has 1 aliphatic rings. The van der Waals surface area contributed by atoms with Gasteiger partial charge in [0.15, 0.2) is 11.5 Å². The summed E-state index contributed by atoms with van der Waals surface area (Å²) in [5.41, 5.74) is 3.94. The van der Waals surface area contributed by atoms with Crippen molar-refractivity contribution in [1.82, 2.24) is 9.80 Å². The number of phenolic OH excluding ortho intramolecular Hbond substituents is 1. The Hall–Kier alpha value is -1.93. The van der Waals surface area contributed by atoms with E-state index < -0.39 is 5.91 Å². The van der Waals surface area contributed by atoms with Crippen molar-refractivity contribution in [2.45, 2.75) is 36.2 Å². The molecule has 3 rings (SSSR count). The van der Waals surface area contributed by atoms with Gasteiger partial charge in [0.25, 0.3) is 5.91 Å². The van der Waals surface area contributed by atoms with Crippen LogP contribution in [0, 0.1) is 0 Å². The summed E-state index contributed by atoms with van der Waals surface area (Å²) < 4.78 is 10.9. The minimum absolute atomic E-state index is 0.0258. The maximum absolute atomic E-state index is 12.3. The van der Waals surface area contributed by atoms with Gasteiger partial charge < -0.3 is 19.5 Å². The number of hydrogen-bond donors (Lipinski definition) is 1. The van der Waals surface area contributed by atoms with Crippen molar-refractivity contribution in [3.63, 3.8) is 0 Å². The predicted molar refractivity (Wildman–Crippen MR) is 158 cm³/mol. The van der Waals surface area contributed by atoms with Gasteiger partial charge in [0, 0.05) is 54.7 Å². The van der Waals surface area contributed by atoms with Crippen LogP contribution in [0.5, 0.6) is 17.2 Å². The number of benzene rings is 2. The molecular formula is C27H32I2N2O6. The highest BCUT2D eigenvalue weighted by molar-refractivity contribution is 14.1.